The van der Waals surface area contributed by atoms with Crippen LogP contribution in [0.1, 0.15) is 44.2 Å². The average molecular weight is 269 g/mol. The lowest BCUT2D eigenvalue weighted by Gasteiger charge is -2.19. The van der Waals surface area contributed by atoms with Gasteiger partial charge in [0.25, 0.3) is 0 Å². The molecule has 2 rings (SSSR count). The average Bonchev–Trinajstić information content (AvgIpc) is 2.50. The Hall–Kier alpha value is -1.74. The number of nitrogens with zero attached hydrogens (tertiary/aromatic N) is 2. The van der Waals surface area contributed by atoms with Crippen molar-refractivity contribution in [2.75, 3.05) is 6.54 Å². The summed E-state index contributed by atoms with van der Waals surface area (Å²) in [6.07, 6.45) is 9.93. The van der Waals surface area contributed by atoms with Crippen molar-refractivity contribution < 1.29 is 0 Å². The van der Waals surface area contributed by atoms with E-state index in [1.54, 1.807) is 12.4 Å². The molecule has 1 aromatic heterocycles. The summed E-state index contributed by atoms with van der Waals surface area (Å²) in [5.41, 5.74) is 3.24. The van der Waals surface area contributed by atoms with Gasteiger partial charge in [-0.1, -0.05) is 25.1 Å². The van der Waals surface area contributed by atoms with Crippen LogP contribution in [-0.4, -0.2) is 16.5 Å². The van der Waals surface area contributed by atoms with E-state index < -0.39 is 0 Å². The lowest BCUT2D eigenvalue weighted by atomic mass is 9.99. The van der Waals surface area contributed by atoms with Crippen LogP contribution in [0.5, 0.6) is 0 Å². The number of benzene rings is 1. The van der Waals surface area contributed by atoms with Crippen molar-refractivity contribution in [2.45, 2.75) is 38.6 Å². The highest BCUT2D eigenvalue weighted by Crippen LogP contribution is 2.25. The fourth-order valence-corrected chi connectivity index (χ4v) is 2.45. The van der Waals surface area contributed by atoms with Crippen LogP contribution < -0.4 is 5.32 Å². The van der Waals surface area contributed by atoms with Gasteiger partial charge in [0, 0.05) is 18.4 Å². The highest BCUT2D eigenvalue weighted by Gasteiger charge is 2.14. The minimum atomic E-state index is 0.343. The van der Waals surface area contributed by atoms with Gasteiger partial charge in [-0.3, -0.25) is 9.97 Å². The fourth-order valence-electron chi connectivity index (χ4n) is 2.45. The van der Waals surface area contributed by atoms with E-state index in [1.165, 1.54) is 5.56 Å². The molecular weight excluding hydrogens is 246 g/mol. The van der Waals surface area contributed by atoms with Crippen molar-refractivity contribution >= 4 is 11.0 Å². The molecule has 3 nitrogen and oxygen atoms in total. The summed E-state index contributed by atoms with van der Waals surface area (Å²) in [4.78, 5) is 8.91. The summed E-state index contributed by atoms with van der Waals surface area (Å²) in [6.45, 7) is 7.01. The third-order valence-electron chi connectivity index (χ3n) is 3.45. The van der Waals surface area contributed by atoms with Crippen molar-refractivity contribution in [2.24, 2.45) is 0 Å². The first-order valence-corrected chi connectivity index (χ1v) is 7.40. The molecule has 3 heteroatoms. The van der Waals surface area contributed by atoms with Crippen LogP contribution in [0.15, 0.2) is 43.2 Å². The number of fused-ring (bicyclic) bond motifs is 1. The van der Waals surface area contributed by atoms with E-state index in [-0.39, 0.29) is 0 Å². The molecule has 106 valence electrons. The van der Waals surface area contributed by atoms with Crippen LogP contribution in [0.4, 0.5) is 0 Å². The Labute approximate surface area is 121 Å². The van der Waals surface area contributed by atoms with Crippen LogP contribution in [0.2, 0.25) is 0 Å². The van der Waals surface area contributed by atoms with Crippen LogP contribution >= 0.6 is 0 Å². The highest BCUT2D eigenvalue weighted by molar-refractivity contribution is 5.78. The van der Waals surface area contributed by atoms with Crippen LogP contribution in [0.3, 0.4) is 0 Å². The minimum Gasteiger partial charge on any atom is -0.310 e. The molecule has 1 atom stereocenters. The van der Waals surface area contributed by atoms with Gasteiger partial charge in [0.2, 0.25) is 0 Å². The molecular formula is C17H23N3. The summed E-state index contributed by atoms with van der Waals surface area (Å²) >= 11 is 0. The summed E-state index contributed by atoms with van der Waals surface area (Å²) in [7, 11) is 0. The molecule has 0 amide bonds. The van der Waals surface area contributed by atoms with E-state index in [4.69, 9.17) is 0 Å². The number of allylic oxidation sites excluding steroid dienone is 1. The first-order chi connectivity index (χ1) is 9.86. The molecule has 1 heterocycles. The first kappa shape index (κ1) is 14.7. The third kappa shape index (κ3) is 3.64. The Balaban J connectivity index is 2.26. The number of rotatable bonds is 8. The quantitative estimate of drug-likeness (QED) is 0.581. The standard InChI is InChI=1S/C17H23N3/c1-3-5-6-9-15(18-11-4-2)14-8-7-10-16-17(14)20-13-12-19-16/h3,7-8,10,12-13,15,18H,1,4-6,9,11H2,2H3. The molecule has 1 N–H and O–H groups in total. The Morgan fingerprint density at radius 1 is 1.30 bits per heavy atom. The number of hydrogen-bond acceptors (Lipinski definition) is 3. The van der Waals surface area contributed by atoms with Crippen molar-refractivity contribution in [3.8, 4) is 0 Å². The molecule has 0 aliphatic carbocycles. The van der Waals surface area contributed by atoms with Gasteiger partial charge in [0.15, 0.2) is 0 Å². The van der Waals surface area contributed by atoms with Crippen LogP contribution in [0.25, 0.3) is 11.0 Å². The Morgan fingerprint density at radius 2 is 2.15 bits per heavy atom. The maximum absolute atomic E-state index is 4.52. The molecule has 1 aromatic carbocycles. The molecule has 20 heavy (non-hydrogen) atoms. The normalized spacial score (nSPS) is 12.4. The zero-order valence-electron chi connectivity index (χ0n) is 12.2. The molecule has 0 saturated heterocycles. The summed E-state index contributed by atoms with van der Waals surface area (Å²) < 4.78 is 0. The Bertz CT molecular complexity index is 545. The monoisotopic (exact) mass is 269 g/mol. The lowest BCUT2D eigenvalue weighted by molar-refractivity contribution is 0.488. The largest absolute Gasteiger partial charge is 0.310 e. The van der Waals surface area contributed by atoms with Crippen molar-refractivity contribution in [3.63, 3.8) is 0 Å². The molecule has 0 radical (unpaired) electrons. The second kappa shape index (κ2) is 7.75. The lowest BCUT2D eigenvalue weighted by Crippen LogP contribution is -2.22. The van der Waals surface area contributed by atoms with E-state index in [2.05, 4.69) is 40.9 Å². The van der Waals surface area contributed by atoms with Crippen LogP contribution in [-0.2, 0) is 0 Å². The van der Waals surface area contributed by atoms with Gasteiger partial charge in [0.1, 0.15) is 0 Å². The molecule has 0 spiro atoms. The summed E-state index contributed by atoms with van der Waals surface area (Å²) in [5, 5.41) is 3.63. The Kier molecular flexibility index (Phi) is 5.69. The van der Waals surface area contributed by atoms with Gasteiger partial charge < -0.3 is 5.32 Å². The number of para-hydroxylation sites is 1. The van der Waals surface area contributed by atoms with Gasteiger partial charge in [-0.25, -0.2) is 0 Å². The zero-order chi connectivity index (χ0) is 14.2. The fraction of sp³-hybridized carbons (Fsp3) is 0.412. The van der Waals surface area contributed by atoms with Gasteiger partial charge in [-0.05, 0) is 43.9 Å². The first-order valence-electron chi connectivity index (χ1n) is 7.40. The molecule has 0 fully saturated rings. The second-order valence-corrected chi connectivity index (χ2v) is 5.00. The molecule has 1 unspecified atom stereocenters. The van der Waals surface area contributed by atoms with E-state index in [1.807, 2.05) is 12.1 Å². The smallest absolute Gasteiger partial charge is 0.0934 e. The third-order valence-corrected chi connectivity index (χ3v) is 3.45. The van der Waals surface area contributed by atoms with Crippen molar-refractivity contribution in [1.29, 1.82) is 0 Å². The molecule has 2 aromatic rings. The van der Waals surface area contributed by atoms with Crippen LogP contribution in [0, 0.1) is 0 Å². The van der Waals surface area contributed by atoms with E-state index in [9.17, 15) is 0 Å². The highest BCUT2D eigenvalue weighted by atomic mass is 14.9. The summed E-state index contributed by atoms with van der Waals surface area (Å²) in [6, 6.07) is 6.60. The second-order valence-electron chi connectivity index (χ2n) is 5.00. The predicted octanol–water partition coefficient (Wildman–Crippen LogP) is 4.03. The maximum Gasteiger partial charge on any atom is 0.0934 e. The number of unbranched alkanes of at least 4 members (excludes halogenated alkanes) is 1. The topological polar surface area (TPSA) is 37.8 Å². The number of hydrogen-bond donors (Lipinski definition) is 1. The van der Waals surface area contributed by atoms with E-state index >= 15 is 0 Å². The SMILES string of the molecule is C=CCCCC(NCCC)c1cccc2nccnc12. The van der Waals surface area contributed by atoms with Gasteiger partial charge in [-0.2, -0.15) is 0 Å². The maximum atomic E-state index is 4.52. The molecule has 0 aliphatic heterocycles. The minimum absolute atomic E-state index is 0.343. The van der Waals surface area contributed by atoms with Gasteiger partial charge in [-0.15, -0.1) is 6.58 Å². The van der Waals surface area contributed by atoms with Gasteiger partial charge >= 0.3 is 0 Å². The van der Waals surface area contributed by atoms with E-state index in [0.717, 1.165) is 43.3 Å². The molecule has 0 bridgehead atoms. The zero-order valence-corrected chi connectivity index (χ0v) is 12.2. The molecule has 0 aliphatic rings. The van der Waals surface area contributed by atoms with Crippen molar-refractivity contribution in [1.82, 2.24) is 15.3 Å². The van der Waals surface area contributed by atoms with Crippen molar-refractivity contribution in [3.05, 3.63) is 48.8 Å². The number of aromatic nitrogens is 2. The predicted molar refractivity (Wildman–Crippen MR) is 84.6 cm³/mol. The Morgan fingerprint density at radius 3 is 2.95 bits per heavy atom. The number of nitrogens with one attached hydrogen (secondary N) is 1. The molecule has 0 saturated carbocycles. The van der Waals surface area contributed by atoms with E-state index in [0.29, 0.717) is 6.04 Å². The van der Waals surface area contributed by atoms with Gasteiger partial charge in [0.05, 0.1) is 11.0 Å². The summed E-state index contributed by atoms with van der Waals surface area (Å²) in [5.74, 6) is 0.